The Balaban J connectivity index is 3.26. The molecule has 0 N–H and O–H groups in total. The number of hydrogen-bond donors (Lipinski definition) is 0. The maximum atomic E-state index is 9.17. The maximum Gasteiger partial charge on any atom is 0.183 e. The Morgan fingerprint density at radius 3 is 2.25 bits per heavy atom. The second kappa shape index (κ2) is 5.11. The van der Waals surface area contributed by atoms with Crippen LogP contribution in [-0.4, -0.2) is 14.2 Å². The van der Waals surface area contributed by atoms with Crippen molar-refractivity contribution < 1.29 is 9.47 Å². The zero-order valence-corrected chi connectivity index (χ0v) is 10.2. The summed E-state index contributed by atoms with van der Waals surface area (Å²) in [4.78, 5) is 0. The van der Waals surface area contributed by atoms with Crippen LogP contribution < -0.4 is 0 Å². The number of nitrogens with zero attached hydrogens (tertiary/aromatic N) is 1. The number of rotatable bonds is 4. The van der Waals surface area contributed by atoms with Crippen LogP contribution in [0.15, 0.2) is 24.3 Å². The van der Waals surface area contributed by atoms with Gasteiger partial charge >= 0.3 is 0 Å². The minimum absolute atomic E-state index is 0.427. The van der Waals surface area contributed by atoms with Gasteiger partial charge in [0.05, 0.1) is 11.5 Å². The van der Waals surface area contributed by atoms with Crippen LogP contribution >= 0.6 is 0 Å². The molecule has 3 heteroatoms. The van der Waals surface area contributed by atoms with Gasteiger partial charge in [-0.1, -0.05) is 24.3 Å². The molecule has 0 radical (unpaired) electrons. The van der Waals surface area contributed by atoms with Crippen LogP contribution in [0.25, 0.3) is 0 Å². The van der Waals surface area contributed by atoms with E-state index < -0.39 is 11.7 Å². The van der Waals surface area contributed by atoms with E-state index in [0.29, 0.717) is 0 Å². The molecule has 0 aliphatic heterocycles. The normalized spacial score (nSPS) is 11.5. The molecule has 0 fully saturated rings. The van der Waals surface area contributed by atoms with Crippen LogP contribution in [-0.2, 0) is 14.9 Å². The summed E-state index contributed by atoms with van der Waals surface area (Å²) in [5, 5.41) is 9.17. The lowest BCUT2D eigenvalue weighted by Gasteiger charge is -2.23. The minimum Gasteiger partial charge on any atom is -0.352 e. The van der Waals surface area contributed by atoms with E-state index in [2.05, 4.69) is 6.07 Å². The topological polar surface area (TPSA) is 42.2 Å². The van der Waals surface area contributed by atoms with Gasteiger partial charge in [-0.3, -0.25) is 0 Å². The zero-order valence-electron chi connectivity index (χ0n) is 10.2. The fourth-order valence-electron chi connectivity index (χ4n) is 1.68. The molecular weight excluding hydrogens is 202 g/mol. The van der Waals surface area contributed by atoms with Crippen LogP contribution in [0, 0.1) is 11.3 Å². The third kappa shape index (κ3) is 2.41. The third-order valence-electron chi connectivity index (χ3n) is 2.60. The molecular formula is C13H17NO2. The van der Waals surface area contributed by atoms with E-state index in [0.717, 1.165) is 11.1 Å². The second-order valence-electron chi connectivity index (χ2n) is 4.13. The molecule has 0 aliphatic rings. The SMILES string of the molecule is COC(OC)c1ccccc1C(C)(C)C#N. The molecule has 86 valence electrons. The van der Waals surface area contributed by atoms with Crippen LogP contribution in [0.1, 0.15) is 31.3 Å². The van der Waals surface area contributed by atoms with E-state index in [9.17, 15) is 0 Å². The van der Waals surface area contributed by atoms with Gasteiger partial charge in [0.15, 0.2) is 6.29 Å². The lowest BCUT2D eigenvalue weighted by Crippen LogP contribution is -2.19. The van der Waals surface area contributed by atoms with Crippen molar-refractivity contribution in [3.8, 4) is 6.07 Å². The highest BCUT2D eigenvalue weighted by molar-refractivity contribution is 5.38. The standard InChI is InChI=1S/C13H17NO2/c1-13(2,9-14)11-8-6-5-7-10(11)12(15-3)16-4/h5-8,12H,1-4H3. The molecule has 1 rings (SSSR count). The lowest BCUT2D eigenvalue weighted by molar-refractivity contribution is -0.106. The molecule has 0 heterocycles. The molecule has 0 atom stereocenters. The Bertz CT molecular complexity index is 389. The number of nitriles is 1. The zero-order chi connectivity index (χ0) is 12.2. The van der Waals surface area contributed by atoms with Gasteiger partial charge in [-0.15, -0.1) is 0 Å². The molecule has 0 saturated heterocycles. The molecule has 1 aromatic carbocycles. The fraction of sp³-hybridized carbons (Fsp3) is 0.462. The van der Waals surface area contributed by atoms with Crippen molar-refractivity contribution in [3.63, 3.8) is 0 Å². The monoisotopic (exact) mass is 219 g/mol. The molecule has 0 aliphatic carbocycles. The summed E-state index contributed by atoms with van der Waals surface area (Å²) in [7, 11) is 3.18. The molecule has 1 aromatic rings. The van der Waals surface area contributed by atoms with Gasteiger partial charge in [-0.2, -0.15) is 5.26 Å². The van der Waals surface area contributed by atoms with Gasteiger partial charge in [-0.25, -0.2) is 0 Å². The van der Waals surface area contributed by atoms with E-state index in [1.165, 1.54) is 0 Å². The van der Waals surface area contributed by atoms with Crippen molar-refractivity contribution in [3.05, 3.63) is 35.4 Å². The van der Waals surface area contributed by atoms with Crippen molar-refractivity contribution in [2.75, 3.05) is 14.2 Å². The summed E-state index contributed by atoms with van der Waals surface area (Å²) in [6.45, 7) is 3.77. The number of ether oxygens (including phenoxy) is 2. The van der Waals surface area contributed by atoms with Gasteiger partial charge < -0.3 is 9.47 Å². The van der Waals surface area contributed by atoms with E-state index >= 15 is 0 Å². The molecule has 3 nitrogen and oxygen atoms in total. The van der Waals surface area contributed by atoms with Gasteiger partial charge in [0.1, 0.15) is 0 Å². The first-order valence-electron chi connectivity index (χ1n) is 5.13. The Morgan fingerprint density at radius 1 is 1.19 bits per heavy atom. The first-order chi connectivity index (χ1) is 7.56. The third-order valence-corrected chi connectivity index (χ3v) is 2.60. The van der Waals surface area contributed by atoms with Gasteiger partial charge in [0.2, 0.25) is 0 Å². The Hall–Kier alpha value is -1.37. The van der Waals surface area contributed by atoms with Gasteiger partial charge in [-0.05, 0) is 19.4 Å². The lowest BCUT2D eigenvalue weighted by atomic mass is 9.83. The summed E-state index contributed by atoms with van der Waals surface area (Å²) in [5.74, 6) is 0. The molecule has 0 unspecified atom stereocenters. The van der Waals surface area contributed by atoms with E-state index in [1.807, 2.05) is 38.1 Å². The van der Waals surface area contributed by atoms with E-state index in [-0.39, 0.29) is 0 Å². The summed E-state index contributed by atoms with van der Waals surface area (Å²) < 4.78 is 10.5. The molecule has 0 amide bonds. The molecule has 0 aromatic heterocycles. The average molecular weight is 219 g/mol. The highest BCUT2D eigenvalue weighted by Crippen LogP contribution is 2.30. The Labute approximate surface area is 96.6 Å². The van der Waals surface area contributed by atoms with Crippen LogP contribution in [0.2, 0.25) is 0 Å². The number of benzene rings is 1. The predicted octanol–water partition coefficient (Wildman–Crippen LogP) is 2.78. The smallest absolute Gasteiger partial charge is 0.183 e. The van der Waals surface area contributed by atoms with E-state index in [1.54, 1.807) is 14.2 Å². The van der Waals surface area contributed by atoms with Gasteiger partial charge in [0.25, 0.3) is 0 Å². The largest absolute Gasteiger partial charge is 0.352 e. The molecule has 16 heavy (non-hydrogen) atoms. The number of methoxy groups -OCH3 is 2. The summed E-state index contributed by atoms with van der Waals surface area (Å²) >= 11 is 0. The number of hydrogen-bond acceptors (Lipinski definition) is 3. The van der Waals surface area contributed by atoms with Crippen LogP contribution in [0.4, 0.5) is 0 Å². The quantitative estimate of drug-likeness (QED) is 0.731. The van der Waals surface area contributed by atoms with Crippen molar-refractivity contribution in [1.29, 1.82) is 5.26 Å². The summed E-state index contributed by atoms with van der Waals surface area (Å²) in [6.07, 6.45) is -0.427. The van der Waals surface area contributed by atoms with Crippen LogP contribution in [0.3, 0.4) is 0 Å². The Morgan fingerprint density at radius 2 is 1.75 bits per heavy atom. The molecule has 0 bridgehead atoms. The van der Waals surface area contributed by atoms with Crippen molar-refractivity contribution in [2.24, 2.45) is 0 Å². The predicted molar refractivity (Wildman–Crippen MR) is 61.8 cm³/mol. The van der Waals surface area contributed by atoms with Crippen molar-refractivity contribution in [2.45, 2.75) is 25.6 Å². The van der Waals surface area contributed by atoms with Crippen molar-refractivity contribution >= 4 is 0 Å². The highest BCUT2D eigenvalue weighted by atomic mass is 16.7. The minimum atomic E-state index is -0.550. The van der Waals surface area contributed by atoms with Gasteiger partial charge in [0, 0.05) is 19.8 Å². The summed E-state index contributed by atoms with van der Waals surface area (Å²) in [5.41, 5.74) is 1.29. The second-order valence-corrected chi connectivity index (χ2v) is 4.13. The Kier molecular flexibility index (Phi) is 4.05. The maximum absolute atomic E-state index is 9.17. The highest BCUT2D eigenvalue weighted by Gasteiger charge is 2.26. The first kappa shape index (κ1) is 12.7. The van der Waals surface area contributed by atoms with Crippen molar-refractivity contribution in [1.82, 2.24) is 0 Å². The summed E-state index contributed by atoms with van der Waals surface area (Å²) in [6, 6.07) is 9.98. The fourth-order valence-corrected chi connectivity index (χ4v) is 1.68. The van der Waals surface area contributed by atoms with E-state index in [4.69, 9.17) is 14.7 Å². The average Bonchev–Trinajstić information content (AvgIpc) is 2.31. The molecule has 0 spiro atoms. The molecule has 0 saturated carbocycles. The first-order valence-corrected chi connectivity index (χ1v) is 5.13. The van der Waals surface area contributed by atoms with Crippen LogP contribution in [0.5, 0.6) is 0 Å².